The van der Waals surface area contributed by atoms with Crippen molar-refractivity contribution >= 4 is 5.97 Å². The summed E-state index contributed by atoms with van der Waals surface area (Å²) in [5, 5.41) is 2.75. The Morgan fingerprint density at radius 1 is 1.41 bits per heavy atom. The molecular weight excluding hydrogens is 228 g/mol. The van der Waals surface area contributed by atoms with Crippen molar-refractivity contribution in [2.24, 2.45) is 0 Å². The van der Waals surface area contributed by atoms with Gasteiger partial charge in [-0.25, -0.2) is 13.6 Å². The number of rotatable bonds is 5. The first-order valence-electron chi connectivity index (χ1n) is 5.32. The third kappa shape index (κ3) is 3.49. The van der Waals surface area contributed by atoms with Gasteiger partial charge in [-0.05, 0) is 25.6 Å². The van der Waals surface area contributed by atoms with E-state index in [1.807, 2.05) is 0 Å². The zero-order chi connectivity index (χ0) is 12.8. The Morgan fingerprint density at radius 3 is 2.59 bits per heavy atom. The van der Waals surface area contributed by atoms with Crippen LogP contribution in [-0.4, -0.2) is 19.6 Å². The minimum absolute atomic E-state index is 0.105. The molecule has 1 N–H and O–H groups in total. The van der Waals surface area contributed by atoms with Gasteiger partial charge in [0.15, 0.2) is 0 Å². The summed E-state index contributed by atoms with van der Waals surface area (Å²) < 4.78 is 29.9. The van der Waals surface area contributed by atoms with E-state index in [0.29, 0.717) is 5.56 Å². The molecule has 1 atom stereocenters. The fourth-order valence-corrected chi connectivity index (χ4v) is 1.52. The van der Waals surface area contributed by atoms with Gasteiger partial charge in [0.25, 0.3) is 6.43 Å². The average molecular weight is 243 g/mol. The monoisotopic (exact) mass is 243 g/mol. The lowest BCUT2D eigenvalue weighted by atomic mass is 10.0. The molecule has 3 nitrogen and oxygen atoms in total. The van der Waals surface area contributed by atoms with E-state index in [-0.39, 0.29) is 12.2 Å². The quantitative estimate of drug-likeness (QED) is 0.807. The number of ether oxygens (including phenoxy) is 1. The molecule has 0 bridgehead atoms. The van der Waals surface area contributed by atoms with Crippen LogP contribution < -0.4 is 5.32 Å². The van der Waals surface area contributed by atoms with E-state index in [4.69, 9.17) is 4.74 Å². The van der Waals surface area contributed by atoms with E-state index in [1.54, 1.807) is 20.0 Å². The number of esters is 1. The highest BCUT2D eigenvalue weighted by molar-refractivity contribution is 5.77. The second-order valence-electron chi connectivity index (χ2n) is 3.44. The zero-order valence-corrected chi connectivity index (χ0v) is 9.74. The van der Waals surface area contributed by atoms with Crippen LogP contribution in [0, 0.1) is 0 Å². The summed E-state index contributed by atoms with van der Waals surface area (Å²) in [4.78, 5) is 11.6. The Bertz CT molecular complexity index is 383. The van der Waals surface area contributed by atoms with E-state index >= 15 is 0 Å². The lowest BCUT2D eigenvalue weighted by Crippen LogP contribution is -2.27. The highest BCUT2D eigenvalue weighted by Crippen LogP contribution is 2.23. The highest BCUT2D eigenvalue weighted by Gasteiger charge is 2.21. The van der Waals surface area contributed by atoms with E-state index in [2.05, 4.69) is 5.32 Å². The minimum Gasteiger partial charge on any atom is -0.465 e. The summed E-state index contributed by atoms with van der Waals surface area (Å²) in [5.74, 6) is -0.471. The van der Waals surface area contributed by atoms with Crippen LogP contribution in [0.25, 0.3) is 0 Å². The molecule has 1 aromatic rings. The standard InChI is InChI=1S/C12H15F2NO2/c1-3-17-12(16)10(15-2)8-5-4-6-9(7-8)11(13)14/h4-7,10-11,15H,3H2,1-2H3. The molecule has 17 heavy (non-hydrogen) atoms. The van der Waals surface area contributed by atoms with Gasteiger partial charge in [-0.3, -0.25) is 0 Å². The maximum absolute atomic E-state index is 12.5. The van der Waals surface area contributed by atoms with Crippen LogP contribution in [0.15, 0.2) is 24.3 Å². The number of hydrogen-bond donors (Lipinski definition) is 1. The van der Waals surface area contributed by atoms with Gasteiger partial charge in [0.1, 0.15) is 6.04 Å². The summed E-state index contributed by atoms with van der Waals surface area (Å²) in [6.45, 7) is 1.95. The van der Waals surface area contributed by atoms with Crippen molar-refractivity contribution in [2.45, 2.75) is 19.4 Å². The Labute approximate surface area is 98.8 Å². The number of halogens is 2. The van der Waals surface area contributed by atoms with E-state index in [0.717, 1.165) is 0 Å². The van der Waals surface area contributed by atoms with Gasteiger partial charge >= 0.3 is 5.97 Å². The Hall–Kier alpha value is -1.49. The zero-order valence-electron chi connectivity index (χ0n) is 9.74. The number of alkyl halides is 2. The van der Waals surface area contributed by atoms with Crippen LogP contribution in [0.2, 0.25) is 0 Å². The third-order valence-corrected chi connectivity index (χ3v) is 2.31. The van der Waals surface area contributed by atoms with Crippen molar-refractivity contribution in [3.63, 3.8) is 0 Å². The number of benzene rings is 1. The van der Waals surface area contributed by atoms with Gasteiger partial charge in [0.05, 0.1) is 6.61 Å². The SMILES string of the molecule is CCOC(=O)C(NC)c1cccc(C(F)F)c1. The first-order valence-corrected chi connectivity index (χ1v) is 5.32. The van der Waals surface area contributed by atoms with Crippen LogP contribution in [0.1, 0.15) is 30.5 Å². The van der Waals surface area contributed by atoms with Crippen molar-refractivity contribution in [1.29, 1.82) is 0 Å². The molecule has 0 aromatic heterocycles. The maximum atomic E-state index is 12.5. The molecule has 94 valence electrons. The molecule has 0 spiro atoms. The molecule has 0 radical (unpaired) electrons. The van der Waals surface area contributed by atoms with Crippen molar-refractivity contribution in [1.82, 2.24) is 5.32 Å². The minimum atomic E-state index is -2.55. The molecule has 1 unspecified atom stereocenters. The number of hydrogen-bond acceptors (Lipinski definition) is 3. The van der Waals surface area contributed by atoms with Crippen molar-refractivity contribution in [2.75, 3.05) is 13.7 Å². The Morgan fingerprint density at radius 2 is 2.06 bits per heavy atom. The second-order valence-corrected chi connectivity index (χ2v) is 3.44. The van der Waals surface area contributed by atoms with E-state index < -0.39 is 18.4 Å². The molecule has 0 fully saturated rings. The van der Waals surface area contributed by atoms with Crippen LogP contribution in [0.4, 0.5) is 8.78 Å². The number of carbonyl (C=O) groups excluding carboxylic acids is 1. The lowest BCUT2D eigenvalue weighted by Gasteiger charge is -2.15. The highest BCUT2D eigenvalue weighted by atomic mass is 19.3. The van der Waals surface area contributed by atoms with Crippen molar-refractivity contribution in [3.05, 3.63) is 35.4 Å². The smallest absolute Gasteiger partial charge is 0.327 e. The van der Waals surface area contributed by atoms with Gasteiger partial charge < -0.3 is 10.1 Å². The molecule has 0 aliphatic carbocycles. The van der Waals surface area contributed by atoms with E-state index in [1.165, 1.54) is 18.2 Å². The molecule has 1 rings (SSSR count). The van der Waals surface area contributed by atoms with Crippen LogP contribution in [-0.2, 0) is 9.53 Å². The Kier molecular flexibility index (Phi) is 5.03. The molecule has 0 heterocycles. The summed E-state index contributed by atoms with van der Waals surface area (Å²) in [7, 11) is 1.58. The van der Waals surface area contributed by atoms with Gasteiger partial charge in [0.2, 0.25) is 0 Å². The maximum Gasteiger partial charge on any atom is 0.327 e. The average Bonchev–Trinajstić information content (AvgIpc) is 2.30. The number of nitrogens with one attached hydrogen (secondary N) is 1. The second kappa shape index (κ2) is 6.30. The van der Waals surface area contributed by atoms with Gasteiger partial charge in [-0.2, -0.15) is 0 Å². The van der Waals surface area contributed by atoms with Crippen LogP contribution in [0.3, 0.4) is 0 Å². The van der Waals surface area contributed by atoms with Gasteiger partial charge in [0, 0.05) is 5.56 Å². The fraction of sp³-hybridized carbons (Fsp3) is 0.417. The van der Waals surface area contributed by atoms with Gasteiger partial charge in [-0.15, -0.1) is 0 Å². The third-order valence-electron chi connectivity index (χ3n) is 2.31. The van der Waals surface area contributed by atoms with Crippen LogP contribution in [0.5, 0.6) is 0 Å². The lowest BCUT2D eigenvalue weighted by molar-refractivity contribution is -0.145. The predicted octanol–water partition coefficient (Wildman–Crippen LogP) is 2.45. The molecule has 0 aliphatic heterocycles. The fourth-order valence-electron chi connectivity index (χ4n) is 1.52. The van der Waals surface area contributed by atoms with E-state index in [9.17, 15) is 13.6 Å². The number of likely N-dealkylation sites (N-methyl/N-ethyl adjacent to an activating group) is 1. The first kappa shape index (κ1) is 13.6. The normalized spacial score (nSPS) is 12.5. The topological polar surface area (TPSA) is 38.3 Å². The van der Waals surface area contributed by atoms with Gasteiger partial charge in [-0.1, -0.05) is 18.2 Å². The summed E-state index contributed by atoms with van der Waals surface area (Å²) in [6.07, 6.45) is -2.55. The molecular formula is C12H15F2NO2. The molecule has 0 aliphatic rings. The first-order chi connectivity index (χ1) is 8.10. The molecule has 1 aromatic carbocycles. The molecule has 0 saturated carbocycles. The Balaban J connectivity index is 2.95. The molecule has 5 heteroatoms. The van der Waals surface area contributed by atoms with Crippen LogP contribution >= 0.6 is 0 Å². The summed E-state index contributed by atoms with van der Waals surface area (Å²) in [5.41, 5.74) is 0.371. The summed E-state index contributed by atoms with van der Waals surface area (Å²) in [6, 6.07) is 5.03. The predicted molar refractivity (Wildman–Crippen MR) is 59.8 cm³/mol. The molecule has 0 saturated heterocycles. The largest absolute Gasteiger partial charge is 0.465 e. The number of carbonyl (C=O) groups is 1. The molecule has 0 amide bonds. The summed E-state index contributed by atoms with van der Waals surface area (Å²) >= 11 is 0. The van der Waals surface area contributed by atoms with Crippen molar-refractivity contribution < 1.29 is 18.3 Å². The van der Waals surface area contributed by atoms with Crippen molar-refractivity contribution in [3.8, 4) is 0 Å².